The zero-order chi connectivity index (χ0) is 13.0. The van der Waals surface area contributed by atoms with Crippen LogP contribution in [0.5, 0.6) is 0 Å². The summed E-state index contributed by atoms with van der Waals surface area (Å²) in [6.45, 7) is 1.27. The van der Waals surface area contributed by atoms with Gasteiger partial charge < -0.3 is 20.6 Å². The third-order valence-electron chi connectivity index (χ3n) is 3.06. The molecule has 7 nitrogen and oxygen atoms in total. The summed E-state index contributed by atoms with van der Waals surface area (Å²) >= 11 is 3.38. The Morgan fingerprint density at radius 1 is 1.39 bits per heavy atom. The highest BCUT2D eigenvalue weighted by atomic mass is 79.9. The van der Waals surface area contributed by atoms with Gasteiger partial charge in [-0.05, 0) is 28.8 Å². The number of hydrogen-bond acceptors (Lipinski definition) is 7. The molecule has 0 unspecified atom stereocenters. The van der Waals surface area contributed by atoms with Gasteiger partial charge in [-0.15, -0.1) is 0 Å². The van der Waals surface area contributed by atoms with Crippen LogP contribution in [0.25, 0.3) is 0 Å². The van der Waals surface area contributed by atoms with E-state index >= 15 is 0 Å². The molecule has 0 atom stereocenters. The summed E-state index contributed by atoms with van der Waals surface area (Å²) in [5, 5.41) is 12.9. The Kier molecular flexibility index (Phi) is 4.33. The summed E-state index contributed by atoms with van der Waals surface area (Å²) in [6, 6.07) is 0. The molecule has 2 rings (SSSR count). The fraction of sp³-hybridized carbons (Fsp3) is 0.600. The van der Waals surface area contributed by atoms with Crippen LogP contribution in [0.3, 0.4) is 0 Å². The van der Waals surface area contributed by atoms with Crippen LogP contribution in [-0.4, -0.2) is 40.4 Å². The van der Waals surface area contributed by atoms with Crippen LogP contribution >= 0.6 is 15.9 Å². The van der Waals surface area contributed by atoms with Crippen molar-refractivity contribution >= 4 is 27.6 Å². The van der Waals surface area contributed by atoms with E-state index in [4.69, 9.17) is 10.6 Å². The summed E-state index contributed by atoms with van der Waals surface area (Å²) in [6.07, 6.45) is 2.86. The van der Waals surface area contributed by atoms with Crippen molar-refractivity contribution < 1.29 is 9.84 Å². The summed E-state index contributed by atoms with van der Waals surface area (Å²) in [5.41, 5.74) is 2.08. The molecule has 0 aromatic carbocycles. The van der Waals surface area contributed by atoms with Crippen molar-refractivity contribution in [2.24, 2.45) is 5.84 Å². The molecule has 0 radical (unpaired) electrons. The number of rotatable bonds is 4. The van der Waals surface area contributed by atoms with Crippen LogP contribution in [0.2, 0.25) is 0 Å². The van der Waals surface area contributed by atoms with E-state index in [-0.39, 0.29) is 6.61 Å². The van der Waals surface area contributed by atoms with Crippen molar-refractivity contribution in [3.05, 3.63) is 10.8 Å². The average molecular weight is 318 g/mol. The van der Waals surface area contributed by atoms with Crippen LogP contribution in [-0.2, 0) is 4.74 Å². The number of ether oxygens (including phenoxy) is 1. The third-order valence-corrected chi connectivity index (χ3v) is 3.81. The molecular formula is C10H16BrN5O2. The second-order valence-electron chi connectivity index (χ2n) is 4.21. The van der Waals surface area contributed by atoms with Crippen molar-refractivity contribution in [3.8, 4) is 0 Å². The molecule has 1 aromatic heterocycles. The molecule has 5 N–H and O–H groups in total. The number of nitrogen functional groups attached to an aromatic ring is 1. The second kappa shape index (κ2) is 5.79. The maximum Gasteiger partial charge on any atom is 0.159 e. The Morgan fingerprint density at radius 2 is 2.06 bits per heavy atom. The van der Waals surface area contributed by atoms with Gasteiger partial charge in [0, 0.05) is 13.2 Å². The molecule has 8 heteroatoms. The van der Waals surface area contributed by atoms with Gasteiger partial charge in [0.1, 0.15) is 16.6 Å². The van der Waals surface area contributed by atoms with Crippen LogP contribution < -0.4 is 16.6 Å². The number of aliphatic hydroxyl groups excluding tert-OH is 1. The molecule has 1 aliphatic rings. The summed E-state index contributed by atoms with van der Waals surface area (Å²) < 4.78 is 5.96. The standard InChI is InChI=1S/C10H16BrN5O2/c11-7-8(13-6-14-9(7)16-12)15-10(5-17)1-3-18-4-2-10/h6,17H,1-5,12H2,(H2,13,14,15,16). The molecule has 1 aromatic rings. The van der Waals surface area contributed by atoms with Crippen molar-refractivity contribution in [2.75, 3.05) is 30.6 Å². The number of nitrogens with two attached hydrogens (primary N) is 1. The zero-order valence-corrected chi connectivity index (χ0v) is 11.4. The smallest absolute Gasteiger partial charge is 0.159 e. The highest BCUT2D eigenvalue weighted by molar-refractivity contribution is 9.10. The van der Waals surface area contributed by atoms with Gasteiger partial charge in [0.25, 0.3) is 0 Å². The molecule has 1 saturated heterocycles. The Morgan fingerprint density at radius 3 is 2.67 bits per heavy atom. The first-order valence-corrected chi connectivity index (χ1v) is 6.44. The number of nitrogens with zero attached hydrogens (tertiary/aromatic N) is 2. The van der Waals surface area contributed by atoms with Gasteiger partial charge >= 0.3 is 0 Å². The van der Waals surface area contributed by atoms with E-state index in [0.29, 0.717) is 29.3 Å². The van der Waals surface area contributed by atoms with E-state index in [1.54, 1.807) is 0 Å². The highest BCUT2D eigenvalue weighted by Crippen LogP contribution is 2.31. The second-order valence-corrected chi connectivity index (χ2v) is 5.00. The summed E-state index contributed by atoms with van der Waals surface area (Å²) in [4.78, 5) is 8.14. The summed E-state index contributed by atoms with van der Waals surface area (Å²) in [5.74, 6) is 6.45. The third kappa shape index (κ3) is 2.72. The maximum atomic E-state index is 9.60. The van der Waals surface area contributed by atoms with Crippen molar-refractivity contribution in [1.29, 1.82) is 0 Å². The van der Waals surface area contributed by atoms with Gasteiger partial charge in [0.15, 0.2) is 5.82 Å². The van der Waals surface area contributed by atoms with Gasteiger partial charge in [-0.25, -0.2) is 15.8 Å². The molecular weight excluding hydrogens is 302 g/mol. The van der Waals surface area contributed by atoms with E-state index in [1.807, 2.05) is 0 Å². The first kappa shape index (κ1) is 13.5. The van der Waals surface area contributed by atoms with Gasteiger partial charge in [0.2, 0.25) is 0 Å². The van der Waals surface area contributed by atoms with E-state index in [2.05, 4.69) is 36.6 Å². The van der Waals surface area contributed by atoms with Crippen molar-refractivity contribution in [2.45, 2.75) is 18.4 Å². The Hall–Kier alpha value is -0.960. The van der Waals surface area contributed by atoms with Crippen LogP contribution in [0, 0.1) is 0 Å². The Balaban J connectivity index is 2.21. The fourth-order valence-corrected chi connectivity index (χ4v) is 2.31. The van der Waals surface area contributed by atoms with Crippen molar-refractivity contribution in [1.82, 2.24) is 9.97 Å². The maximum absolute atomic E-state index is 9.60. The van der Waals surface area contributed by atoms with Crippen LogP contribution in [0.1, 0.15) is 12.8 Å². The summed E-state index contributed by atoms with van der Waals surface area (Å²) in [7, 11) is 0. The number of aliphatic hydroxyl groups is 1. The molecule has 1 aliphatic heterocycles. The Labute approximate surface area is 113 Å². The lowest BCUT2D eigenvalue weighted by atomic mass is 9.91. The lowest BCUT2D eigenvalue weighted by molar-refractivity contribution is 0.0378. The monoisotopic (exact) mass is 317 g/mol. The average Bonchev–Trinajstić information content (AvgIpc) is 2.42. The molecule has 100 valence electrons. The van der Waals surface area contributed by atoms with Crippen LogP contribution in [0.4, 0.5) is 11.6 Å². The topological polar surface area (TPSA) is 105 Å². The highest BCUT2D eigenvalue weighted by Gasteiger charge is 2.33. The van der Waals surface area contributed by atoms with Gasteiger partial charge in [-0.2, -0.15) is 0 Å². The minimum atomic E-state index is -0.402. The molecule has 0 aliphatic carbocycles. The fourth-order valence-electron chi connectivity index (χ4n) is 1.89. The lowest BCUT2D eigenvalue weighted by Crippen LogP contribution is -2.47. The minimum Gasteiger partial charge on any atom is -0.394 e. The van der Waals surface area contributed by atoms with E-state index < -0.39 is 5.54 Å². The number of aromatic nitrogens is 2. The molecule has 0 saturated carbocycles. The molecule has 1 fully saturated rings. The molecule has 0 spiro atoms. The zero-order valence-electron chi connectivity index (χ0n) is 9.82. The molecule has 18 heavy (non-hydrogen) atoms. The number of hydrogen-bond donors (Lipinski definition) is 4. The van der Waals surface area contributed by atoms with Gasteiger partial charge in [0.05, 0.1) is 12.1 Å². The number of anilines is 2. The normalized spacial score (nSPS) is 18.4. The van der Waals surface area contributed by atoms with E-state index in [0.717, 1.165) is 12.8 Å². The first-order valence-electron chi connectivity index (χ1n) is 5.65. The van der Waals surface area contributed by atoms with E-state index in [1.165, 1.54) is 6.33 Å². The largest absolute Gasteiger partial charge is 0.394 e. The number of hydrazine groups is 1. The lowest BCUT2D eigenvalue weighted by Gasteiger charge is -2.37. The number of halogens is 1. The van der Waals surface area contributed by atoms with Gasteiger partial charge in [-0.1, -0.05) is 0 Å². The van der Waals surface area contributed by atoms with Crippen molar-refractivity contribution in [3.63, 3.8) is 0 Å². The van der Waals surface area contributed by atoms with E-state index in [9.17, 15) is 5.11 Å². The molecule has 0 bridgehead atoms. The minimum absolute atomic E-state index is 0.0260. The molecule has 2 heterocycles. The first-order chi connectivity index (χ1) is 8.71. The molecule has 0 amide bonds. The predicted molar refractivity (Wildman–Crippen MR) is 71.0 cm³/mol. The predicted octanol–water partition coefficient (Wildman–Crippen LogP) is 0.478. The van der Waals surface area contributed by atoms with Crippen LogP contribution in [0.15, 0.2) is 10.8 Å². The Bertz CT molecular complexity index is 411. The SMILES string of the molecule is NNc1ncnc(NC2(CO)CCOCC2)c1Br. The number of nitrogens with one attached hydrogen (secondary N) is 2. The van der Waals surface area contributed by atoms with Gasteiger partial charge in [-0.3, -0.25) is 0 Å². The quantitative estimate of drug-likeness (QED) is 0.473.